The highest BCUT2D eigenvalue weighted by atomic mass is 79.9. The minimum atomic E-state index is -3.76. The Morgan fingerprint density at radius 3 is 2.52 bits per heavy atom. The maximum Gasteiger partial charge on any atom is 0.241 e. The van der Waals surface area contributed by atoms with Gasteiger partial charge >= 0.3 is 0 Å². The predicted molar refractivity (Wildman–Crippen MR) is 88.6 cm³/mol. The fourth-order valence-corrected chi connectivity index (χ4v) is 6.83. The number of sulfonamides is 1. The zero-order chi connectivity index (χ0) is 15.8. The first-order valence-corrected chi connectivity index (χ1v) is 11.1. The van der Waals surface area contributed by atoms with E-state index in [0.29, 0.717) is 21.8 Å². The number of nitrogens with one attached hydrogen (secondary N) is 1. The molecule has 1 aromatic carbocycles. The molecular formula is C12H15Br2NO4S2. The van der Waals surface area contributed by atoms with Gasteiger partial charge in [0.1, 0.15) is 0 Å². The summed E-state index contributed by atoms with van der Waals surface area (Å²) in [6.45, 7) is 1.77. The van der Waals surface area contributed by atoms with E-state index >= 15 is 0 Å². The number of rotatable bonds is 4. The average molecular weight is 461 g/mol. The molecule has 0 aliphatic carbocycles. The molecule has 118 valence electrons. The summed E-state index contributed by atoms with van der Waals surface area (Å²) in [5, 5.41) is -0.625. The van der Waals surface area contributed by atoms with Gasteiger partial charge in [-0.2, -0.15) is 0 Å². The minimum Gasteiger partial charge on any atom is -0.229 e. The smallest absolute Gasteiger partial charge is 0.229 e. The van der Waals surface area contributed by atoms with Crippen molar-refractivity contribution in [3.8, 4) is 0 Å². The Morgan fingerprint density at radius 2 is 1.95 bits per heavy atom. The van der Waals surface area contributed by atoms with Crippen LogP contribution in [0.4, 0.5) is 0 Å². The molecule has 1 saturated heterocycles. The number of hydrogen-bond donors (Lipinski definition) is 1. The molecule has 0 radical (unpaired) electrons. The molecule has 1 unspecified atom stereocenters. The van der Waals surface area contributed by atoms with Crippen LogP contribution in [0.5, 0.6) is 0 Å². The number of sulfone groups is 1. The van der Waals surface area contributed by atoms with Crippen molar-refractivity contribution >= 4 is 51.7 Å². The third-order valence-corrected chi connectivity index (χ3v) is 8.98. The lowest BCUT2D eigenvalue weighted by molar-refractivity contribution is 0.570. The second-order valence-electron chi connectivity index (χ2n) is 5.01. The second kappa shape index (κ2) is 6.27. The van der Waals surface area contributed by atoms with Crippen LogP contribution < -0.4 is 4.72 Å². The molecule has 1 atom stereocenters. The Bertz CT molecular complexity index is 760. The molecule has 0 bridgehead atoms. The Hall–Kier alpha value is 0.0400. The van der Waals surface area contributed by atoms with Gasteiger partial charge in [-0.25, -0.2) is 21.6 Å². The van der Waals surface area contributed by atoms with Gasteiger partial charge in [0.05, 0.1) is 15.9 Å². The van der Waals surface area contributed by atoms with Gasteiger partial charge in [-0.15, -0.1) is 0 Å². The molecule has 0 spiro atoms. The van der Waals surface area contributed by atoms with E-state index in [2.05, 4.69) is 36.6 Å². The molecular weight excluding hydrogens is 446 g/mol. The fraction of sp³-hybridized carbons (Fsp3) is 0.500. The van der Waals surface area contributed by atoms with E-state index in [1.165, 1.54) is 6.07 Å². The molecule has 0 saturated carbocycles. The zero-order valence-electron chi connectivity index (χ0n) is 11.3. The average Bonchev–Trinajstić information content (AvgIpc) is 2.70. The van der Waals surface area contributed by atoms with Crippen molar-refractivity contribution in [1.82, 2.24) is 4.72 Å². The van der Waals surface area contributed by atoms with Crippen molar-refractivity contribution < 1.29 is 16.8 Å². The summed E-state index contributed by atoms with van der Waals surface area (Å²) in [4.78, 5) is 0.0929. The highest BCUT2D eigenvalue weighted by Crippen LogP contribution is 2.29. The zero-order valence-corrected chi connectivity index (χ0v) is 16.1. The summed E-state index contributed by atoms with van der Waals surface area (Å²) in [7, 11) is -6.92. The van der Waals surface area contributed by atoms with E-state index in [-0.39, 0.29) is 17.2 Å². The van der Waals surface area contributed by atoms with Crippen molar-refractivity contribution in [2.75, 3.05) is 12.3 Å². The maximum absolute atomic E-state index is 12.3. The van der Waals surface area contributed by atoms with Crippen LogP contribution in [0.1, 0.15) is 18.4 Å². The number of benzene rings is 1. The lowest BCUT2D eigenvalue weighted by Gasteiger charge is -2.13. The number of hydrogen-bond acceptors (Lipinski definition) is 4. The molecule has 0 aromatic heterocycles. The topological polar surface area (TPSA) is 80.3 Å². The van der Waals surface area contributed by atoms with Crippen LogP contribution in [0.2, 0.25) is 0 Å². The third-order valence-electron chi connectivity index (χ3n) is 3.47. The SMILES string of the molecule is Cc1cc(Br)c(S(=O)(=O)NCC2CCCS2(=O)=O)cc1Br. The summed E-state index contributed by atoms with van der Waals surface area (Å²) in [6, 6.07) is 3.20. The Morgan fingerprint density at radius 1 is 1.29 bits per heavy atom. The van der Waals surface area contributed by atoms with Crippen molar-refractivity contribution in [3.63, 3.8) is 0 Å². The summed E-state index contributed by atoms with van der Waals surface area (Å²) in [5.41, 5.74) is 0.902. The van der Waals surface area contributed by atoms with Crippen LogP contribution >= 0.6 is 31.9 Å². The van der Waals surface area contributed by atoms with Gasteiger partial charge in [-0.1, -0.05) is 15.9 Å². The first kappa shape index (κ1) is 17.4. The highest BCUT2D eigenvalue weighted by molar-refractivity contribution is 9.11. The largest absolute Gasteiger partial charge is 0.241 e. The van der Waals surface area contributed by atoms with Gasteiger partial charge in [0.25, 0.3) is 0 Å². The molecule has 9 heteroatoms. The lowest BCUT2D eigenvalue weighted by Crippen LogP contribution is -2.34. The van der Waals surface area contributed by atoms with Gasteiger partial charge in [-0.3, -0.25) is 0 Å². The molecule has 21 heavy (non-hydrogen) atoms. The molecule has 5 nitrogen and oxygen atoms in total. The summed E-state index contributed by atoms with van der Waals surface area (Å²) < 4.78 is 51.6. The second-order valence-corrected chi connectivity index (χ2v) is 10.9. The standard InChI is InChI=1S/C12H15Br2NO4S2/c1-8-5-11(14)12(6-10(8)13)21(18,19)15-7-9-3-2-4-20(9,16)17/h5-6,9,15H,2-4,7H2,1H3. The van der Waals surface area contributed by atoms with Crippen LogP contribution in [0, 0.1) is 6.92 Å². The molecule has 1 fully saturated rings. The van der Waals surface area contributed by atoms with Crippen LogP contribution in [0.15, 0.2) is 26.0 Å². The van der Waals surface area contributed by atoms with Crippen LogP contribution in [0.3, 0.4) is 0 Å². The lowest BCUT2D eigenvalue weighted by atomic mass is 10.2. The van der Waals surface area contributed by atoms with E-state index in [4.69, 9.17) is 0 Å². The molecule has 1 aliphatic heterocycles. The van der Waals surface area contributed by atoms with Crippen molar-refractivity contribution in [2.24, 2.45) is 0 Å². The molecule has 1 aromatic rings. The summed E-state index contributed by atoms with van der Waals surface area (Å²) in [5.74, 6) is 0.138. The van der Waals surface area contributed by atoms with Crippen molar-refractivity contribution in [3.05, 3.63) is 26.6 Å². The number of halogens is 2. The van der Waals surface area contributed by atoms with E-state index < -0.39 is 25.1 Å². The van der Waals surface area contributed by atoms with Gasteiger partial charge < -0.3 is 0 Å². The molecule has 0 amide bonds. The van der Waals surface area contributed by atoms with E-state index in [1.807, 2.05) is 6.92 Å². The van der Waals surface area contributed by atoms with E-state index in [0.717, 1.165) is 5.56 Å². The minimum absolute atomic E-state index is 0.0808. The monoisotopic (exact) mass is 459 g/mol. The van der Waals surface area contributed by atoms with Crippen LogP contribution in [-0.4, -0.2) is 34.4 Å². The first-order valence-electron chi connectivity index (χ1n) is 6.30. The van der Waals surface area contributed by atoms with Crippen LogP contribution in [0.25, 0.3) is 0 Å². The van der Waals surface area contributed by atoms with Crippen molar-refractivity contribution in [2.45, 2.75) is 29.9 Å². The van der Waals surface area contributed by atoms with Crippen molar-refractivity contribution in [1.29, 1.82) is 0 Å². The summed E-state index contributed by atoms with van der Waals surface area (Å²) in [6.07, 6.45) is 1.10. The highest BCUT2D eigenvalue weighted by Gasteiger charge is 2.32. The number of aryl methyl sites for hydroxylation is 1. The third kappa shape index (κ3) is 3.87. The van der Waals surface area contributed by atoms with E-state index in [1.54, 1.807) is 6.07 Å². The van der Waals surface area contributed by atoms with Gasteiger partial charge in [0.2, 0.25) is 10.0 Å². The predicted octanol–water partition coefficient (Wildman–Crippen LogP) is 2.38. The fourth-order valence-electron chi connectivity index (χ4n) is 2.20. The molecule has 2 rings (SSSR count). The normalized spacial score (nSPS) is 21.6. The molecule has 1 N–H and O–H groups in total. The van der Waals surface area contributed by atoms with E-state index in [9.17, 15) is 16.8 Å². The van der Waals surface area contributed by atoms with Gasteiger partial charge in [0.15, 0.2) is 9.84 Å². The van der Waals surface area contributed by atoms with Gasteiger partial charge in [-0.05, 0) is 53.4 Å². The van der Waals surface area contributed by atoms with Crippen LogP contribution in [-0.2, 0) is 19.9 Å². The first-order chi connectivity index (χ1) is 9.63. The Labute approximate surface area is 141 Å². The van der Waals surface area contributed by atoms with Gasteiger partial charge in [0, 0.05) is 15.5 Å². The summed E-state index contributed by atoms with van der Waals surface area (Å²) >= 11 is 6.53. The quantitative estimate of drug-likeness (QED) is 0.747. The maximum atomic E-state index is 12.3. The Kier molecular flexibility index (Phi) is 5.19. The molecule has 1 aliphatic rings. The molecule has 1 heterocycles. The Balaban J connectivity index is 2.22.